The first-order chi connectivity index (χ1) is 12.0. The highest BCUT2D eigenvalue weighted by molar-refractivity contribution is 6.16. The van der Waals surface area contributed by atoms with Gasteiger partial charge in [0.15, 0.2) is 5.78 Å². The van der Waals surface area contributed by atoms with E-state index in [9.17, 15) is 19.8 Å². The number of hydrogen-bond donors (Lipinski definition) is 3. The van der Waals surface area contributed by atoms with Crippen molar-refractivity contribution < 1.29 is 19.8 Å². The largest absolute Gasteiger partial charge is 0.478 e. The van der Waals surface area contributed by atoms with Crippen molar-refractivity contribution in [2.75, 3.05) is 11.9 Å². The Labute approximate surface area is 147 Å². The number of carbonyl (C=O) groups is 2. The normalized spacial score (nSPS) is 11.8. The van der Waals surface area contributed by atoms with Crippen LogP contribution in [0, 0.1) is 0 Å². The summed E-state index contributed by atoms with van der Waals surface area (Å²) >= 11 is 0. The van der Waals surface area contributed by atoms with Crippen LogP contribution in [0.4, 0.5) is 5.69 Å². The van der Waals surface area contributed by atoms with E-state index in [0.29, 0.717) is 24.2 Å². The molecule has 0 fully saturated rings. The molecular weight excluding hydrogens is 318 g/mol. The van der Waals surface area contributed by atoms with Gasteiger partial charge in [0, 0.05) is 23.4 Å². The third kappa shape index (κ3) is 4.90. The van der Waals surface area contributed by atoms with E-state index in [4.69, 9.17) is 0 Å². The molecule has 0 radical (unpaired) electrons. The van der Waals surface area contributed by atoms with E-state index in [1.165, 1.54) is 12.1 Å². The fraction of sp³-hybridized carbons (Fsp3) is 0.300. The molecule has 25 heavy (non-hydrogen) atoms. The van der Waals surface area contributed by atoms with Gasteiger partial charge >= 0.3 is 5.97 Å². The number of carboxylic acid groups (broad SMARTS) is 1. The molecule has 0 aromatic heterocycles. The first-order valence-electron chi connectivity index (χ1n) is 8.42. The van der Waals surface area contributed by atoms with Crippen molar-refractivity contribution >= 4 is 17.4 Å². The minimum absolute atomic E-state index is 0.0229. The minimum atomic E-state index is -1.13. The lowest BCUT2D eigenvalue weighted by Gasteiger charge is -2.15. The van der Waals surface area contributed by atoms with E-state index in [-0.39, 0.29) is 16.9 Å². The number of aromatic carboxylic acids is 1. The van der Waals surface area contributed by atoms with Gasteiger partial charge in [-0.3, -0.25) is 4.79 Å². The monoisotopic (exact) mass is 341 g/mol. The van der Waals surface area contributed by atoms with Crippen LogP contribution in [0.15, 0.2) is 48.5 Å². The van der Waals surface area contributed by atoms with Gasteiger partial charge in [-0.15, -0.1) is 0 Å². The average molecular weight is 341 g/mol. The van der Waals surface area contributed by atoms with Gasteiger partial charge in [0.2, 0.25) is 0 Å². The molecule has 0 saturated heterocycles. The summed E-state index contributed by atoms with van der Waals surface area (Å²) in [4.78, 5) is 24.2. The summed E-state index contributed by atoms with van der Waals surface area (Å²) in [5, 5.41) is 22.4. The molecule has 132 valence electrons. The van der Waals surface area contributed by atoms with E-state index < -0.39 is 12.1 Å². The number of aliphatic hydroxyl groups excluding tert-OH is 1. The maximum absolute atomic E-state index is 12.8. The topological polar surface area (TPSA) is 86.6 Å². The van der Waals surface area contributed by atoms with Gasteiger partial charge in [-0.2, -0.15) is 0 Å². The standard InChI is InChI=1S/C20H23NO4/c1-2-3-8-14(22)13-21-18-12-7-6-11-17(18)19(23)15-9-4-5-10-16(15)20(24)25/h4-7,9-12,14,21-22H,2-3,8,13H2,1H3,(H,24,25). The first kappa shape index (κ1) is 18.7. The molecule has 1 unspecified atom stereocenters. The molecule has 0 amide bonds. The summed E-state index contributed by atoms with van der Waals surface area (Å²) in [6, 6.07) is 13.1. The molecular formula is C20H23NO4. The van der Waals surface area contributed by atoms with Crippen LogP contribution in [-0.2, 0) is 0 Å². The van der Waals surface area contributed by atoms with Crippen molar-refractivity contribution in [1.29, 1.82) is 0 Å². The molecule has 5 nitrogen and oxygen atoms in total. The molecule has 3 N–H and O–H groups in total. The lowest BCUT2D eigenvalue weighted by atomic mass is 9.97. The number of para-hydroxylation sites is 1. The summed E-state index contributed by atoms with van der Waals surface area (Å²) in [6.45, 7) is 2.40. The second kappa shape index (κ2) is 8.99. The van der Waals surface area contributed by atoms with E-state index in [0.717, 1.165) is 12.8 Å². The van der Waals surface area contributed by atoms with Gasteiger partial charge in [0.25, 0.3) is 0 Å². The van der Waals surface area contributed by atoms with E-state index >= 15 is 0 Å². The van der Waals surface area contributed by atoms with Crippen LogP contribution >= 0.6 is 0 Å². The predicted molar refractivity (Wildman–Crippen MR) is 97.3 cm³/mol. The fourth-order valence-corrected chi connectivity index (χ4v) is 2.62. The molecule has 5 heteroatoms. The Bertz CT molecular complexity index is 742. The number of nitrogens with one attached hydrogen (secondary N) is 1. The predicted octanol–water partition coefficient (Wildman–Crippen LogP) is 3.58. The first-order valence-corrected chi connectivity index (χ1v) is 8.42. The Balaban J connectivity index is 2.23. The Morgan fingerprint density at radius 1 is 1.00 bits per heavy atom. The van der Waals surface area contributed by atoms with Crippen LogP contribution < -0.4 is 5.32 Å². The van der Waals surface area contributed by atoms with Gasteiger partial charge < -0.3 is 15.5 Å². The highest BCUT2D eigenvalue weighted by atomic mass is 16.4. The third-order valence-electron chi connectivity index (χ3n) is 3.99. The van der Waals surface area contributed by atoms with E-state index in [1.54, 1.807) is 36.4 Å². The quantitative estimate of drug-likeness (QED) is 0.607. The Hall–Kier alpha value is -2.66. The highest BCUT2D eigenvalue weighted by Crippen LogP contribution is 2.21. The molecule has 2 rings (SSSR count). The van der Waals surface area contributed by atoms with Crippen LogP contribution in [0.1, 0.15) is 52.5 Å². The Morgan fingerprint density at radius 2 is 1.60 bits per heavy atom. The van der Waals surface area contributed by atoms with Crippen LogP contribution in [0.5, 0.6) is 0 Å². The van der Waals surface area contributed by atoms with Crippen LogP contribution in [0.2, 0.25) is 0 Å². The summed E-state index contributed by atoms with van der Waals surface area (Å²) < 4.78 is 0. The van der Waals surface area contributed by atoms with Crippen LogP contribution in [0.25, 0.3) is 0 Å². The van der Waals surface area contributed by atoms with Gasteiger partial charge in [0.05, 0.1) is 11.7 Å². The van der Waals surface area contributed by atoms with Gasteiger partial charge in [-0.25, -0.2) is 4.79 Å². The highest BCUT2D eigenvalue weighted by Gasteiger charge is 2.19. The van der Waals surface area contributed by atoms with Crippen molar-refractivity contribution in [2.45, 2.75) is 32.3 Å². The SMILES string of the molecule is CCCCC(O)CNc1ccccc1C(=O)c1ccccc1C(=O)O. The molecule has 0 spiro atoms. The number of unbranched alkanes of at least 4 members (excludes halogenated alkanes) is 1. The van der Waals surface area contributed by atoms with Crippen molar-refractivity contribution in [1.82, 2.24) is 0 Å². The van der Waals surface area contributed by atoms with Crippen molar-refractivity contribution in [3.8, 4) is 0 Å². The molecule has 2 aromatic carbocycles. The fourth-order valence-electron chi connectivity index (χ4n) is 2.62. The maximum atomic E-state index is 12.8. The van der Waals surface area contributed by atoms with Crippen molar-refractivity contribution in [3.63, 3.8) is 0 Å². The number of carboxylic acids is 1. The van der Waals surface area contributed by atoms with Gasteiger partial charge in [0.1, 0.15) is 0 Å². The molecule has 0 bridgehead atoms. The molecule has 0 aliphatic carbocycles. The number of carbonyl (C=O) groups excluding carboxylic acids is 1. The third-order valence-corrected chi connectivity index (χ3v) is 3.99. The number of ketones is 1. The summed E-state index contributed by atoms with van der Waals surface area (Å²) in [6.07, 6.45) is 2.16. The van der Waals surface area contributed by atoms with Crippen LogP contribution in [-0.4, -0.2) is 34.6 Å². The van der Waals surface area contributed by atoms with Crippen molar-refractivity contribution in [2.24, 2.45) is 0 Å². The average Bonchev–Trinajstić information content (AvgIpc) is 2.64. The summed E-state index contributed by atoms with van der Waals surface area (Å²) in [7, 11) is 0. The van der Waals surface area contributed by atoms with Crippen LogP contribution in [0.3, 0.4) is 0 Å². The number of hydrogen-bond acceptors (Lipinski definition) is 4. The van der Waals surface area contributed by atoms with Gasteiger partial charge in [-0.1, -0.05) is 50.1 Å². The minimum Gasteiger partial charge on any atom is -0.478 e. The Morgan fingerprint density at radius 3 is 2.24 bits per heavy atom. The molecule has 0 aliphatic heterocycles. The van der Waals surface area contributed by atoms with Gasteiger partial charge in [-0.05, 0) is 24.6 Å². The number of rotatable bonds is 9. The lowest BCUT2D eigenvalue weighted by Crippen LogP contribution is -2.20. The molecule has 0 heterocycles. The number of anilines is 1. The Kier molecular flexibility index (Phi) is 6.71. The summed E-state index contributed by atoms with van der Waals surface area (Å²) in [5.74, 6) is -1.49. The second-order valence-electron chi connectivity index (χ2n) is 5.90. The lowest BCUT2D eigenvalue weighted by molar-refractivity contribution is 0.0693. The summed E-state index contributed by atoms with van der Waals surface area (Å²) in [5.41, 5.74) is 1.10. The molecule has 0 aliphatic rings. The molecule has 2 aromatic rings. The van der Waals surface area contributed by atoms with Crippen molar-refractivity contribution in [3.05, 3.63) is 65.2 Å². The maximum Gasteiger partial charge on any atom is 0.336 e. The number of benzene rings is 2. The molecule has 1 atom stereocenters. The molecule has 0 saturated carbocycles. The zero-order valence-electron chi connectivity index (χ0n) is 14.2. The van der Waals surface area contributed by atoms with E-state index in [1.807, 2.05) is 0 Å². The second-order valence-corrected chi connectivity index (χ2v) is 5.90. The number of aliphatic hydroxyl groups is 1. The smallest absolute Gasteiger partial charge is 0.336 e. The zero-order valence-corrected chi connectivity index (χ0v) is 14.2. The van der Waals surface area contributed by atoms with E-state index in [2.05, 4.69) is 12.2 Å². The zero-order chi connectivity index (χ0) is 18.2.